The van der Waals surface area contributed by atoms with Crippen LogP contribution in [-0.4, -0.2) is 34.4 Å². The van der Waals surface area contributed by atoms with Crippen LogP contribution in [0.3, 0.4) is 0 Å². The van der Waals surface area contributed by atoms with Crippen molar-refractivity contribution in [2.24, 2.45) is 0 Å². The van der Waals surface area contributed by atoms with Crippen molar-refractivity contribution in [2.75, 3.05) is 6.61 Å². The highest BCUT2D eigenvalue weighted by Crippen LogP contribution is 2.54. The minimum Gasteiger partial charge on any atom is -0.480 e. The van der Waals surface area contributed by atoms with E-state index in [1.807, 2.05) is 6.92 Å². The molecule has 0 aliphatic carbocycles. The van der Waals surface area contributed by atoms with Crippen LogP contribution >= 0.6 is 19.1 Å². The molecule has 0 spiro atoms. The summed E-state index contributed by atoms with van der Waals surface area (Å²) in [6, 6.07) is 12.6. The Morgan fingerprint density at radius 1 is 1.21 bits per heavy atom. The summed E-state index contributed by atoms with van der Waals surface area (Å²) in [6.07, 6.45) is 1.45. The van der Waals surface area contributed by atoms with Gasteiger partial charge in [0.1, 0.15) is 17.5 Å². The van der Waals surface area contributed by atoms with Crippen molar-refractivity contribution in [3.63, 3.8) is 0 Å². The second-order valence-electron chi connectivity index (χ2n) is 6.79. The SMILES string of the molecule is CC1CCCOP(=O)(c2ccc(Oc3ccc(Cl)cc3)cc2)N1C(C)C(=O)O. The summed E-state index contributed by atoms with van der Waals surface area (Å²) < 4.78 is 26.9. The third kappa shape index (κ3) is 4.41. The zero-order valence-electron chi connectivity index (χ0n) is 15.7. The topological polar surface area (TPSA) is 76.1 Å². The quantitative estimate of drug-likeness (QED) is 0.687. The van der Waals surface area contributed by atoms with Crippen LogP contribution in [0.2, 0.25) is 5.02 Å². The third-order valence-electron chi connectivity index (χ3n) is 4.75. The second kappa shape index (κ2) is 8.66. The van der Waals surface area contributed by atoms with Gasteiger partial charge in [0.15, 0.2) is 0 Å². The van der Waals surface area contributed by atoms with E-state index in [4.69, 9.17) is 20.9 Å². The number of hydrogen-bond donors (Lipinski definition) is 1. The van der Waals surface area contributed by atoms with Gasteiger partial charge >= 0.3 is 13.5 Å². The molecule has 2 aromatic carbocycles. The molecule has 0 bridgehead atoms. The zero-order chi connectivity index (χ0) is 20.3. The van der Waals surface area contributed by atoms with E-state index in [0.717, 1.165) is 12.8 Å². The fraction of sp³-hybridized carbons (Fsp3) is 0.350. The van der Waals surface area contributed by atoms with E-state index in [1.165, 1.54) is 11.6 Å². The van der Waals surface area contributed by atoms with Gasteiger partial charge in [0.05, 0.1) is 11.9 Å². The van der Waals surface area contributed by atoms with Crippen LogP contribution in [0.1, 0.15) is 26.7 Å². The Hall–Kier alpha value is -1.85. The van der Waals surface area contributed by atoms with Gasteiger partial charge in [-0.2, -0.15) is 0 Å². The van der Waals surface area contributed by atoms with Gasteiger partial charge in [0, 0.05) is 11.1 Å². The largest absolute Gasteiger partial charge is 0.480 e. The summed E-state index contributed by atoms with van der Waals surface area (Å²) in [7, 11) is -3.51. The van der Waals surface area contributed by atoms with Gasteiger partial charge < -0.3 is 14.4 Å². The Morgan fingerprint density at radius 2 is 1.79 bits per heavy atom. The van der Waals surface area contributed by atoms with Crippen molar-refractivity contribution in [1.82, 2.24) is 4.67 Å². The van der Waals surface area contributed by atoms with E-state index in [-0.39, 0.29) is 6.04 Å². The Bertz CT molecular complexity index is 871. The average molecular weight is 424 g/mol. The van der Waals surface area contributed by atoms with E-state index in [1.54, 1.807) is 48.5 Å². The number of benzene rings is 2. The maximum Gasteiger partial charge on any atom is 0.321 e. The van der Waals surface area contributed by atoms with Crippen LogP contribution in [0.4, 0.5) is 0 Å². The van der Waals surface area contributed by atoms with Crippen molar-refractivity contribution in [1.29, 1.82) is 0 Å². The molecule has 1 heterocycles. The first kappa shape index (κ1) is 20.9. The first-order valence-corrected chi connectivity index (χ1v) is 11.1. The molecule has 0 saturated carbocycles. The van der Waals surface area contributed by atoms with Crippen molar-refractivity contribution < 1.29 is 23.7 Å². The maximum absolute atomic E-state index is 13.8. The molecule has 6 nitrogen and oxygen atoms in total. The Kier molecular flexibility index (Phi) is 6.46. The van der Waals surface area contributed by atoms with Gasteiger partial charge in [-0.25, -0.2) is 4.67 Å². The van der Waals surface area contributed by atoms with E-state index in [9.17, 15) is 14.5 Å². The molecule has 1 N–H and O–H groups in total. The molecule has 2 aromatic rings. The molecule has 3 atom stereocenters. The lowest BCUT2D eigenvalue weighted by Gasteiger charge is -2.36. The van der Waals surface area contributed by atoms with Crippen LogP contribution in [0, 0.1) is 0 Å². The summed E-state index contributed by atoms with van der Waals surface area (Å²) in [6.45, 7) is 3.75. The zero-order valence-corrected chi connectivity index (χ0v) is 17.4. The predicted molar refractivity (Wildman–Crippen MR) is 109 cm³/mol. The minimum atomic E-state index is -3.51. The van der Waals surface area contributed by atoms with E-state index in [2.05, 4.69) is 0 Å². The number of nitrogens with zero attached hydrogens (tertiary/aromatic N) is 1. The molecule has 3 rings (SSSR count). The van der Waals surface area contributed by atoms with Crippen LogP contribution in [-0.2, 0) is 13.9 Å². The molecular formula is C20H23ClNO5P. The number of carboxylic acids is 1. The Labute approximate surface area is 169 Å². The molecule has 150 valence electrons. The van der Waals surface area contributed by atoms with Gasteiger partial charge in [-0.1, -0.05) is 11.6 Å². The number of carbonyl (C=O) groups is 1. The van der Waals surface area contributed by atoms with Crippen molar-refractivity contribution in [3.05, 3.63) is 53.6 Å². The molecule has 0 amide bonds. The van der Waals surface area contributed by atoms with Gasteiger partial charge in [0.2, 0.25) is 0 Å². The number of hydrogen-bond acceptors (Lipinski definition) is 4. The molecule has 1 fully saturated rings. The molecule has 28 heavy (non-hydrogen) atoms. The summed E-state index contributed by atoms with van der Waals surface area (Å²) in [5.74, 6) is 0.169. The lowest BCUT2D eigenvalue weighted by atomic mass is 10.1. The number of carboxylic acid groups (broad SMARTS) is 1. The average Bonchev–Trinajstić information content (AvgIpc) is 2.82. The Balaban J connectivity index is 1.89. The third-order valence-corrected chi connectivity index (χ3v) is 7.84. The molecule has 1 aliphatic heterocycles. The first-order valence-electron chi connectivity index (χ1n) is 9.11. The molecule has 3 unspecified atom stereocenters. The van der Waals surface area contributed by atoms with Crippen LogP contribution < -0.4 is 10.0 Å². The van der Waals surface area contributed by atoms with E-state index >= 15 is 0 Å². The number of halogens is 1. The summed E-state index contributed by atoms with van der Waals surface area (Å²) in [4.78, 5) is 11.6. The molecular weight excluding hydrogens is 401 g/mol. The highest BCUT2D eigenvalue weighted by atomic mass is 35.5. The predicted octanol–water partition coefficient (Wildman–Crippen LogP) is 4.92. The van der Waals surface area contributed by atoms with Crippen molar-refractivity contribution >= 4 is 30.4 Å². The fourth-order valence-electron chi connectivity index (χ4n) is 3.30. The molecule has 1 aliphatic rings. The molecule has 0 aromatic heterocycles. The highest BCUT2D eigenvalue weighted by molar-refractivity contribution is 7.64. The Morgan fingerprint density at radius 3 is 2.36 bits per heavy atom. The standard InChI is InChI=1S/C20H23ClNO5P/c1-14-4-3-13-26-28(25,22(14)15(2)20(23)24)19-11-9-18(10-12-19)27-17-7-5-16(21)6-8-17/h5-12,14-15H,3-4,13H2,1-2H3,(H,23,24). The number of ether oxygens (including phenoxy) is 1. The number of rotatable bonds is 5. The fourth-order valence-corrected chi connectivity index (χ4v) is 6.06. The lowest BCUT2D eigenvalue weighted by molar-refractivity contribution is -0.141. The van der Waals surface area contributed by atoms with E-state index in [0.29, 0.717) is 28.4 Å². The highest BCUT2D eigenvalue weighted by Gasteiger charge is 2.44. The van der Waals surface area contributed by atoms with Gasteiger partial charge in [0.25, 0.3) is 0 Å². The number of aliphatic carboxylic acids is 1. The van der Waals surface area contributed by atoms with Crippen molar-refractivity contribution in [2.45, 2.75) is 38.8 Å². The van der Waals surface area contributed by atoms with Gasteiger partial charge in [-0.3, -0.25) is 9.36 Å². The summed E-state index contributed by atoms with van der Waals surface area (Å²) in [5.41, 5.74) is 0. The summed E-state index contributed by atoms with van der Waals surface area (Å²) >= 11 is 5.88. The van der Waals surface area contributed by atoms with Crippen LogP contribution in [0.15, 0.2) is 48.5 Å². The molecule has 1 saturated heterocycles. The van der Waals surface area contributed by atoms with Gasteiger partial charge in [-0.05, 0) is 75.2 Å². The van der Waals surface area contributed by atoms with Crippen LogP contribution in [0.25, 0.3) is 0 Å². The molecule has 8 heteroatoms. The summed E-state index contributed by atoms with van der Waals surface area (Å²) in [5, 5.41) is 10.6. The van der Waals surface area contributed by atoms with Gasteiger partial charge in [-0.15, -0.1) is 0 Å². The first-order chi connectivity index (χ1) is 13.3. The minimum absolute atomic E-state index is 0.176. The smallest absolute Gasteiger partial charge is 0.321 e. The second-order valence-corrected chi connectivity index (χ2v) is 9.50. The maximum atomic E-state index is 13.8. The normalized spacial score (nSPS) is 24.3. The van der Waals surface area contributed by atoms with Crippen LogP contribution in [0.5, 0.6) is 11.5 Å². The monoisotopic (exact) mass is 423 g/mol. The molecule has 0 radical (unpaired) electrons. The lowest BCUT2D eigenvalue weighted by Crippen LogP contribution is -2.43. The van der Waals surface area contributed by atoms with Crippen molar-refractivity contribution in [3.8, 4) is 11.5 Å². The van der Waals surface area contributed by atoms with E-state index < -0.39 is 19.5 Å².